The summed E-state index contributed by atoms with van der Waals surface area (Å²) in [6.45, 7) is 5.78. The number of anilines is 1. The molecule has 1 aliphatic heterocycles. The number of likely N-dealkylation sites (tertiary alicyclic amines) is 1. The van der Waals surface area contributed by atoms with Crippen LogP contribution in [0.3, 0.4) is 0 Å². The largest absolute Gasteiger partial charge is 0.343 e. The molecule has 2 aromatic rings. The molecule has 31 heavy (non-hydrogen) atoms. The number of hydrogen-bond acceptors (Lipinski definition) is 3. The highest BCUT2D eigenvalue weighted by atomic mass is 32.2. The second-order valence-electron chi connectivity index (χ2n) is 8.74. The van der Waals surface area contributed by atoms with Crippen molar-refractivity contribution in [3.05, 3.63) is 65.2 Å². The summed E-state index contributed by atoms with van der Waals surface area (Å²) in [4.78, 5) is 14.7. The van der Waals surface area contributed by atoms with E-state index in [1.807, 2.05) is 43.0 Å². The monoisotopic (exact) mass is 442 g/mol. The van der Waals surface area contributed by atoms with E-state index >= 15 is 0 Å². The van der Waals surface area contributed by atoms with Gasteiger partial charge in [0.25, 0.3) is 0 Å². The molecule has 0 N–H and O–H groups in total. The number of rotatable bonds is 8. The molecule has 0 unspecified atom stereocenters. The van der Waals surface area contributed by atoms with Crippen LogP contribution in [-0.4, -0.2) is 45.1 Å². The van der Waals surface area contributed by atoms with Crippen LogP contribution in [-0.2, 0) is 21.2 Å². The van der Waals surface area contributed by atoms with Gasteiger partial charge in [-0.1, -0.05) is 42.5 Å². The standard InChI is InChI=1S/C25H34N2O3S/c1-20-11-12-21(2)24(18-20)27(31(3,29)30)15-7-10-25(28)26-16-13-23(14-17-26)19-22-8-5-4-6-9-22/h4-6,8-9,11-12,18,23H,7,10,13-17,19H2,1-3H3. The van der Waals surface area contributed by atoms with Crippen molar-refractivity contribution in [1.82, 2.24) is 4.90 Å². The third kappa shape index (κ3) is 6.57. The first kappa shape index (κ1) is 23.3. The minimum absolute atomic E-state index is 0.132. The minimum Gasteiger partial charge on any atom is -0.343 e. The van der Waals surface area contributed by atoms with Crippen LogP contribution in [0.5, 0.6) is 0 Å². The zero-order valence-electron chi connectivity index (χ0n) is 18.9. The van der Waals surface area contributed by atoms with E-state index in [0.717, 1.165) is 43.5 Å². The highest BCUT2D eigenvalue weighted by Crippen LogP contribution is 2.25. The Bertz CT molecular complexity index is 981. The van der Waals surface area contributed by atoms with Gasteiger partial charge in [0.15, 0.2) is 0 Å². The van der Waals surface area contributed by atoms with Crippen LogP contribution in [0.15, 0.2) is 48.5 Å². The average Bonchev–Trinajstić information content (AvgIpc) is 2.73. The Morgan fingerprint density at radius 2 is 1.74 bits per heavy atom. The Kier molecular flexibility index (Phi) is 7.76. The molecular weight excluding hydrogens is 408 g/mol. The molecule has 0 saturated carbocycles. The van der Waals surface area contributed by atoms with Gasteiger partial charge in [-0.15, -0.1) is 0 Å². The van der Waals surface area contributed by atoms with E-state index in [1.165, 1.54) is 16.1 Å². The van der Waals surface area contributed by atoms with Crippen molar-refractivity contribution in [2.45, 2.75) is 46.0 Å². The maximum Gasteiger partial charge on any atom is 0.232 e. The van der Waals surface area contributed by atoms with Gasteiger partial charge in [-0.2, -0.15) is 0 Å². The van der Waals surface area contributed by atoms with Crippen molar-refractivity contribution >= 4 is 21.6 Å². The molecule has 0 aliphatic carbocycles. The van der Waals surface area contributed by atoms with Gasteiger partial charge in [0.05, 0.1) is 11.9 Å². The Labute approximate surface area is 187 Å². The minimum atomic E-state index is -3.41. The van der Waals surface area contributed by atoms with Crippen LogP contribution >= 0.6 is 0 Å². The van der Waals surface area contributed by atoms with Gasteiger partial charge < -0.3 is 4.90 Å². The smallest absolute Gasteiger partial charge is 0.232 e. The lowest BCUT2D eigenvalue weighted by molar-refractivity contribution is -0.132. The van der Waals surface area contributed by atoms with Gasteiger partial charge in [0.1, 0.15) is 0 Å². The van der Waals surface area contributed by atoms with E-state index < -0.39 is 10.0 Å². The molecule has 5 nitrogen and oxygen atoms in total. The van der Waals surface area contributed by atoms with Gasteiger partial charge in [0, 0.05) is 26.1 Å². The van der Waals surface area contributed by atoms with Crippen molar-refractivity contribution in [3.63, 3.8) is 0 Å². The Balaban J connectivity index is 1.50. The molecule has 168 valence electrons. The predicted octanol–water partition coefficient (Wildman–Crippen LogP) is 4.33. The summed E-state index contributed by atoms with van der Waals surface area (Å²) in [5.74, 6) is 0.754. The van der Waals surface area contributed by atoms with E-state index in [4.69, 9.17) is 0 Å². The predicted molar refractivity (Wildman–Crippen MR) is 127 cm³/mol. The molecule has 0 radical (unpaired) electrons. The summed E-state index contributed by atoms with van der Waals surface area (Å²) >= 11 is 0. The third-order valence-corrected chi connectivity index (χ3v) is 7.30. The second kappa shape index (κ2) is 10.3. The topological polar surface area (TPSA) is 57.7 Å². The summed E-state index contributed by atoms with van der Waals surface area (Å²) in [5, 5.41) is 0. The average molecular weight is 443 g/mol. The number of benzene rings is 2. The van der Waals surface area contributed by atoms with Crippen molar-refractivity contribution in [3.8, 4) is 0 Å². The molecule has 1 saturated heterocycles. The number of piperidine rings is 1. The molecule has 0 atom stereocenters. The second-order valence-corrected chi connectivity index (χ2v) is 10.6. The van der Waals surface area contributed by atoms with E-state index in [-0.39, 0.29) is 5.91 Å². The van der Waals surface area contributed by atoms with E-state index in [2.05, 4.69) is 24.3 Å². The van der Waals surface area contributed by atoms with Crippen LogP contribution in [0.2, 0.25) is 0 Å². The molecule has 1 amide bonds. The molecule has 0 spiro atoms. The highest BCUT2D eigenvalue weighted by Gasteiger charge is 2.24. The fraction of sp³-hybridized carbons (Fsp3) is 0.480. The van der Waals surface area contributed by atoms with Crippen molar-refractivity contribution in [2.24, 2.45) is 5.92 Å². The molecular formula is C25H34N2O3S. The number of sulfonamides is 1. The summed E-state index contributed by atoms with van der Waals surface area (Å²) in [5.41, 5.74) is 4.00. The lowest BCUT2D eigenvalue weighted by atomic mass is 9.90. The van der Waals surface area contributed by atoms with Crippen LogP contribution in [0.1, 0.15) is 42.4 Å². The summed E-state index contributed by atoms with van der Waals surface area (Å²) in [6, 6.07) is 16.3. The third-order valence-electron chi connectivity index (χ3n) is 6.12. The number of carbonyl (C=O) groups is 1. The van der Waals surface area contributed by atoms with Crippen molar-refractivity contribution in [2.75, 3.05) is 30.2 Å². The molecule has 1 aliphatic rings. The number of carbonyl (C=O) groups excluding carboxylic acids is 1. The molecule has 6 heteroatoms. The molecule has 3 rings (SSSR count). The van der Waals surface area contributed by atoms with E-state index in [1.54, 1.807) is 0 Å². The zero-order valence-corrected chi connectivity index (χ0v) is 19.7. The fourth-order valence-corrected chi connectivity index (χ4v) is 5.33. The van der Waals surface area contributed by atoms with Gasteiger partial charge in [-0.25, -0.2) is 8.42 Å². The normalized spacial score (nSPS) is 15.1. The van der Waals surface area contributed by atoms with Crippen LogP contribution < -0.4 is 4.31 Å². The van der Waals surface area contributed by atoms with Crippen molar-refractivity contribution < 1.29 is 13.2 Å². The van der Waals surface area contributed by atoms with Crippen molar-refractivity contribution in [1.29, 1.82) is 0 Å². The Morgan fingerprint density at radius 1 is 1.06 bits per heavy atom. The number of hydrogen-bond donors (Lipinski definition) is 0. The molecule has 2 aromatic carbocycles. The lowest BCUT2D eigenvalue weighted by Gasteiger charge is -2.32. The first-order chi connectivity index (χ1) is 14.7. The van der Waals surface area contributed by atoms with Gasteiger partial charge in [-0.05, 0) is 68.2 Å². The maximum atomic E-state index is 12.7. The van der Waals surface area contributed by atoms with Gasteiger partial charge in [-0.3, -0.25) is 9.10 Å². The quantitative estimate of drug-likeness (QED) is 0.611. The van der Waals surface area contributed by atoms with Crippen LogP contribution in [0.25, 0.3) is 0 Å². The van der Waals surface area contributed by atoms with Crippen LogP contribution in [0.4, 0.5) is 5.69 Å². The lowest BCUT2D eigenvalue weighted by Crippen LogP contribution is -2.39. The number of amides is 1. The molecule has 0 aromatic heterocycles. The zero-order chi connectivity index (χ0) is 22.4. The molecule has 1 heterocycles. The van der Waals surface area contributed by atoms with E-state index in [0.29, 0.717) is 31.0 Å². The number of nitrogens with zero attached hydrogens (tertiary/aromatic N) is 2. The Hall–Kier alpha value is -2.34. The molecule has 0 bridgehead atoms. The van der Waals surface area contributed by atoms with Crippen LogP contribution in [0, 0.1) is 19.8 Å². The SMILES string of the molecule is Cc1ccc(C)c(N(CCCC(=O)N2CCC(Cc3ccccc3)CC2)S(C)(=O)=O)c1. The summed E-state index contributed by atoms with van der Waals surface area (Å²) < 4.78 is 26.2. The van der Waals surface area contributed by atoms with E-state index in [9.17, 15) is 13.2 Å². The molecule has 1 fully saturated rings. The maximum absolute atomic E-state index is 12.7. The fourth-order valence-electron chi connectivity index (χ4n) is 4.32. The Morgan fingerprint density at radius 3 is 2.39 bits per heavy atom. The van der Waals surface area contributed by atoms with Gasteiger partial charge in [0.2, 0.25) is 15.9 Å². The highest BCUT2D eigenvalue weighted by molar-refractivity contribution is 7.92. The summed E-state index contributed by atoms with van der Waals surface area (Å²) in [7, 11) is -3.41. The first-order valence-corrected chi connectivity index (χ1v) is 13.0. The number of aryl methyl sites for hydroxylation is 2. The first-order valence-electron chi connectivity index (χ1n) is 11.1. The van der Waals surface area contributed by atoms with Gasteiger partial charge >= 0.3 is 0 Å². The summed E-state index contributed by atoms with van der Waals surface area (Å²) in [6.07, 6.45) is 5.25.